The fourth-order valence-electron chi connectivity index (χ4n) is 2.59. The first-order valence-corrected chi connectivity index (χ1v) is 8.92. The molecule has 0 amide bonds. The maximum absolute atomic E-state index is 12.7. The number of hydrogen-bond donors (Lipinski definition) is 1. The standard InChI is InChI=1S/C16H14N6O2S/c1-21-16-12(10-19-21)4-2-5-14(16)20-25(23,24)13-6-7-15(17-11-13)22-9-3-8-18-22/h2-11,20H,1H3. The SMILES string of the molecule is Cn1ncc2cccc(NS(=O)(=O)c3ccc(-n4cccn4)nc3)c21. The van der Waals surface area contributed by atoms with E-state index in [1.165, 1.54) is 12.3 Å². The molecule has 126 valence electrons. The lowest BCUT2D eigenvalue weighted by Gasteiger charge is -2.10. The molecule has 9 heteroatoms. The maximum atomic E-state index is 12.7. The summed E-state index contributed by atoms with van der Waals surface area (Å²) in [5.41, 5.74) is 1.18. The van der Waals surface area contributed by atoms with Gasteiger partial charge in [-0.1, -0.05) is 12.1 Å². The number of nitrogens with zero attached hydrogens (tertiary/aromatic N) is 5. The first-order chi connectivity index (χ1) is 12.0. The highest BCUT2D eigenvalue weighted by Gasteiger charge is 2.17. The zero-order valence-corrected chi connectivity index (χ0v) is 14.1. The normalized spacial score (nSPS) is 11.7. The van der Waals surface area contributed by atoms with Crippen molar-refractivity contribution >= 4 is 26.6 Å². The van der Waals surface area contributed by atoms with Crippen LogP contribution < -0.4 is 4.72 Å². The Bertz CT molecular complexity index is 1130. The molecule has 3 aromatic heterocycles. The summed E-state index contributed by atoms with van der Waals surface area (Å²) in [6.07, 6.45) is 6.36. The highest BCUT2D eigenvalue weighted by molar-refractivity contribution is 7.92. The molecule has 0 unspecified atom stereocenters. The summed E-state index contributed by atoms with van der Waals surface area (Å²) in [6, 6.07) is 10.2. The van der Waals surface area contributed by atoms with E-state index in [-0.39, 0.29) is 4.90 Å². The molecule has 0 aliphatic heterocycles. The first kappa shape index (κ1) is 15.3. The van der Waals surface area contributed by atoms with Crippen molar-refractivity contribution in [3.8, 4) is 5.82 Å². The average Bonchev–Trinajstić information content (AvgIpc) is 3.26. The van der Waals surface area contributed by atoms with E-state index in [1.807, 2.05) is 6.07 Å². The van der Waals surface area contributed by atoms with Crippen molar-refractivity contribution in [1.82, 2.24) is 24.5 Å². The number of fused-ring (bicyclic) bond motifs is 1. The van der Waals surface area contributed by atoms with Crippen LogP contribution in [0.15, 0.2) is 66.1 Å². The summed E-state index contributed by atoms with van der Waals surface area (Å²) in [7, 11) is -2.00. The van der Waals surface area contributed by atoms with Gasteiger partial charge < -0.3 is 0 Å². The molecule has 8 nitrogen and oxygen atoms in total. The van der Waals surface area contributed by atoms with Gasteiger partial charge in [-0.15, -0.1) is 0 Å². The van der Waals surface area contributed by atoms with Gasteiger partial charge in [0.15, 0.2) is 5.82 Å². The molecular formula is C16H14N6O2S. The minimum Gasteiger partial charge on any atom is -0.277 e. The van der Waals surface area contributed by atoms with Crippen LogP contribution in [0.5, 0.6) is 0 Å². The predicted octanol–water partition coefficient (Wildman–Crippen LogP) is 1.95. The smallest absolute Gasteiger partial charge is 0.263 e. The van der Waals surface area contributed by atoms with E-state index in [0.29, 0.717) is 17.0 Å². The Morgan fingerprint density at radius 3 is 2.64 bits per heavy atom. The van der Waals surface area contributed by atoms with E-state index >= 15 is 0 Å². The van der Waals surface area contributed by atoms with Crippen LogP contribution in [-0.2, 0) is 17.1 Å². The molecule has 4 aromatic rings. The molecule has 0 bridgehead atoms. The van der Waals surface area contributed by atoms with E-state index in [0.717, 1.165) is 5.39 Å². The third-order valence-corrected chi connectivity index (χ3v) is 5.13. The second-order valence-corrected chi connectivity index (χ2v) is 7.10. The van der Waals surface area contributed by atoms with Gasteiger partial charge in [-0.25, -0.2) is 18.1 Å². The van der Waals surface area contributed by atoms with Gasteiger partial charge in [0.05, 0.1) is 17.4 Å². The lowest BCUT2D eigenvalue weighted by molar-refractivity contribution is 0.600. The van der Waals surface area contributed by atoms with Crippen molar-refractivity contribution in [2.75, 3.05) is 4.72 Å². The Balaban J connectivity index is 1.68. The number of benzene rings is 1. The van der Waals surface area contributed by atoms with Gasteiger partial charge in [0.2, 0.25) is 0 Å². The van der Waals surface area contributed by atoms with Crippen molar-refractivity contribution in [3.63, 3.8) is 0 Å². The molecular weight excluding hydrogens is 340 g/mol. The maximum Gasteiger partial charge on any atom is 0.263 e. The molecule has 0 spiro atoms. The quantitative estimate of drug-likeness (QED) is 0.604. The molecule has 0 aliphatic rings. The van der Waals surface area contributed by atoms with Gasteiger partial charge in [-0.3, -0.25) is 9.40 Å². The molecule has 0 saturated carbocycles. The number of anilines is 1. The first-order valence-electron chi connectivity index (χ1n) is 7.44. The van der Waals surface area contributed by atoms with Crippen molar-refractivity contribution in [1.29, 1.82) is 0 Å². The second-order valence-electron chi connectivity index (χ2n) is 5.42. The van der Waals surface area contributed by atoms with Gasteiger partial charge in [0.1, 0.15) is 4.90 Å². The number of para-hydroxylation sites is 1. The lowest BCUT2D eigenvalue weighted by atomic mass is 10.2. The molecule has 3 heterocycles. The van der Waals surface area contributed by atoms with Crippen LogP contribution in [0.25, 0.3) is 16.7 Å². The van der Waals surface area contributed by atoms with Gasteiger partial charge in [-0.05, 0) is 24.3 Å². The summed E-state index contributed by atoms with van der Waals surface area (Å²) >= 11 is 0. The number of rotatable bonds is 4. The molecule has 0 radical (unpaired) electrons. The zero-order chi connectivity index (χ0) is 17.4. The highest BCUT2D eigenvalue weighted by atomic mass is 32.2. The van der Waals surface area contributed by atoms with E-state index in [9.17, 15) is 8.42 Å². The fraction of sp³-hybridized carbons (Fsp3) is 0.0625. The molecule has 1 N–H and O–H groups in total. The van der Waals surface area contributed by atoms with Crippen molar-refractivity contribution in [3.05, 3.63) is 61.2 Å². The van der Waals surface area contributed by atoms with Crippen LogP contribution in [0, 0.1) is 0 Å². The number of aromatic nitrogens is 5. The summed E-state index contributed by atoms with van der Waals surface area (Å²) in [5, 5.41) is 9.08. The number of pyridine rings is 1. The van der Waals surface area contributed by atoms with Gasteiger partial charge in [0, 0.05) is 31.0 Å². The summed E-state index contributed by atoms with van der Waals surface area (Å²) in [5.74, 6) is 0.540. The Hall–Kier alpha value is -3.20. The van der Waals surface area contributed by atoms with Crippen LogP contribution in [0.1, 0.15) is 0 Å². The number of hydrogen-bond acceptors (Lipinski definition) is 5. The van der Waals surface area contributed by atoms with Crippen molar-refractivity contribution in [2.24, 2.45) is 7.05 Å². The molecule has 4 rings (SSSR count). The van der Waals surface area contributed by atoms with Gasteiger partial charge in [0.25, 0.3) is 10.0 Å². The summed E-state index contributed by atoms with van der Waals surface area (Å²) in [6.45, 7) is 0. The lowest BCUT2D eigenvalue weighted by Crippen LogP contribution is -2.14. The number of aryl methyl sites for hydroxylation is 1. The Morgan fingerprint density at radius 1 is 1.04 bits per heavy atom. The van der Waals surface area contributed by atoms with Crippen LogP contribution in [0.3, 0.4) is 0 Å². The Morgan fingerprint density at radius 2 is 1.92 bits per heavy atom. The average molecular weight is 354 g/mol. The molecule has 0 saturated heterocycles. The van der Waals surface area contributed by atoms with Crippen molar-refractivity contribution in [2.45, 2.75) is 4.90 Å². The molecule has 1 aromatic carbocycles. The topological polar surface area (TPSA) is 94.7 Å². The monoisotopic (exact) mass is 354 g/mol. The van der Waals surface area contributed by atoms with Crippen molar-refractivity contribution < 1.29 is 8.42 Å². The van der Waals surface area contributed by atoms with E-state index in [4.69, 9.17) is 0 Å². The van der Waals surface area contributed by atoms with E-state index in [1.54, 1.807) is 59.3 Å². The van der Waals surface area contributed by atoms with E-state index in [2.05, 4.69) is 19.9 Å². The summed E-state index contributed by atoms with van der Waals surface area (Å²) in [4.78, 5) is 4.23. The summed E-state index contributed by atoms with van der Waals surface area (Å²) < 4.78 is 31.1. The van der Waals surface area contributed by atoms with Crippen LogP contribution in [0.2, 0.25) is 0 Å². The van der Waals surface area contributed by atoms with Gasteiger partial charge >= 0.3 is 0 Å². The third kappa shape index (κ3) is 2.74. The number of sulfonamides is 1. The second kappa shape index (κ2) is 5.71. The predicted molar refractivity (Wildman–Crippen MR) is 92.9 cm³/mol. The number of nitrogens with one attached hydrogen (secondary N) is 1. The van der Waals surface area contributed by atoms with E-state index < -0.39 is 10.0 Å². The largest absolute Gasteiger partial charge is 0.277 e. The highest BCUT2D eigenvalue weighted by Crippen LogP contribution is 2.25. The Kier molecular flexibility index (Phi) is 3.50. The zero-order valence-electron chi connectivity index (χ0n) is 13.2. The van der Waals surface area contributed by atoms with Crippen LogP contribution in [0.4, 0.5) is 5.69 Å². The van der Waals surface area contributed by atoms with Crippen LogP contribution >= 0.6 is 0 Å². The minimum absolute atomic E-state index is 0.0718. The molecule has 0 atom stereocenters. The van der Waals surface area contributed by atoms with Crippen LogP contribution in [-0.4, -0.2) is 33.0 Å². The van der Waals surface area contributed by atoms with Gasteiger partial charge in [-0.2, -0.15) is 10.2 Å². The minimum atomic E-state index is -3.77. The Labute approximate surface area is 143 Å². The molecule has 0 aliphatic carbocycles. The third-order valence-electron chi connectivity index (χ3n) is 3.78. The molecule has 0 fully saturated rings. The fourth-order valence-corrected chi connectivity index (χ4v) is 3.60. The molecule has 25 heavy (non-hydrogen) atoms.